The molecule has 32 heavy (non-hydrogen) atoms. The van der Waals surface area contributed by atoms with Gasteiger partial charge in [-0.25, -0.2) is 0 Å². The number of hydrogen-bond donors (Lipinski definition) is 5. The summed E-state index contributed by atoms with van der Waals surface area (Å²) in [6.07, 6.45) is -3.55. The molecule has 8 heteroatoms. The van der Waals surface area contributed by atoms with Gasteiger partial charge >= 0.3 is 0 Å². The predicted molar refractivity (Wildman–Crippen MR) is 116 cm³/mol. The molecule has 5 N–H and O–H groups in total. The number of aliphatic hydroxyl groups excluding tert-OH is 4. The van der Waals surface area contributed by atoms with Crippen molar-refractivity contribution in [1.29, 1.82) is 0 Å². The van der Waals surface area contributed by atoms with Gasteiger partial charge in [0.1, 0.15) is 30.2 Å². The molecule has 1 saturated carbocycles. The van der Waals surface area contributed by atoms with E-state index in [-0.39, 0.29) is 0 Å². The van der Waals surface area contributed by atoms with E-state index in [1.165, 1.54) is 18.4 Å². The van der Waals surface area contributed by atoms with Crippen molar-refractivity contribution < 1.29 is 29.9 Å². The summed E-state index contributed by atoms with van der Waals surface area (Å²) in [5, 5.41) is 48.3. The van der Waals surface area contributed by atoms with E-state index in [0.717, 1.165) is 22.2 Å². The molecular weight excluding hydrogens is 412 g/mol. The second-order valence-electron chi connectivity index (χ2n) is 8.87. The number of aromatic nitrogens is 2. The quantitative estimate of drug-likeness (QED) is 0.393. The minimum absolute atomic E-state index is 0.447. The van der Waals surface area contributed by atoms with Gasteiger partial charge in [-0.2, -0.15) is 5.10 Å². The lowest BCUT2D eigenvalue weighted by Crippen LogP contribution is -2.60. The van der Waals surface area contributed by atoms with Gasteiger partial charge in [0, 0.05) is 6.42 Å². The van der Waals surface area contributed by atoms with Crippen LogP contribution in [0.4, 0.5) is 0 Å². The Balaban J connectivity index is 1.44. The molecule has 0 radical (unpaired) electrons. The molecule has 1 unspecified atom stereocenters. The third-order valence-corrected chi connectivity index (χ3v) is 6.34. The normalized spacial score (nSPS) is 28.2. The molecule has 170 valence electrons. The number of fused-ring (bicyclic) bond motifs is 1. The summed E-state index contributed by atoms with van der Waals surface area (Å²) in [6, 6.07) is 12.4. The van der Waals surface area contributed by atoms with Crippen molar-refractivity contribution in [2.45, 2.75) is 62.8 Å². The van der Waals surface area contributed by atoms with Gasteiger partial charge in [-0.1, -0.05) is 24.3 Å². The van der Waals surface area contributed by atoms with Crippen LogP contribution >= 0.6 is 0 Å². The van der Waals surface area contributed by atoms with Crippen LogP contribution in [-0.4, -0.2) is 67.9 Å². The fraction of sp³-hybridized carbons (Fsp3) is 0.458. The highest BCUT2D eigenvalue weighted by atomic mass is 16.7. The second kappa shape index (κ2) is 8.46. The van der Waals surface area contributed by atoms with Crippen molar-refractivity contribution in [2.24, 2.45) is 0 Å². The lowest BCUT2D eigenvalue weighted by atomic mass is 9.99. The van der Waals surface area contributed by atoms with Crippen molar-refractivity contribution in [1.82, 2.24) is 10.2 Å². The highest BCUT2D eigenvalue weighted by Gasteiger charge is 2.45. The molecule has 1 aromatic heterocycles. The first-order valence-corrected chi connectivity index (χ1v) is 11.0. The molecule has 8 nitrogen and oxygen atoms in total. The smallest absolute Gasteiger partial charge is 0.229 e. The van der Waals surface area contributed by atoms with E-state index in [4.69, 9.17) is 9.47 Å². The number of rotatable bonds is 6. The molecule has 2 aliphatic rings. The summed E-state index contributed by atoms with van der Waals surface area (Å²) in [7, 11) is 0. The molecule has 0 bridgehead atoms. The average Bonchev–Trinajstić information content (AvgIpc) is 3.56. The van der Waals surface area contributed by atoms with Crippen LogP contribution < -0.4 is 4.74 Å². The van der Waals surface area contributed by atoms with Crippen LogP contribution in [-0.2, 0) is 11.2 Å². The fourth-order valence-corrected chi connectivity index (χ4v) is 4.35. The zero-order chi connectivity index (χ0) is 22.4. The maximum atomic E-state index is 10.4. The van der Waals surface area contributed by atoms with Crippen molar-refractivity contribution in [3.63, 3.8) is 0 Å². The topological polar surface area (TPSA) is 128 Å². The average molecular weight is 440 g/mol. The summed E-state index contributed by atoms with van der Waals surface area (Å²) in [4.78, 5) is 0. The van der Waals surface area contributed by atoms with Crippen molar-refractivity contribution in [3.05, 3.63) is 58.8 Å². The number of hydrogen-bond acceptors (Lipinski definition) is 7. The maximum absolute atomic E-state index is 10.4. The van der Waals surface area contributed by atoms with Crippen LogP contribution in [0.2, 0.25) is 0 Å². The van der Waals surface area contributed by atoms with Crippen molar-refractivity contribution in [3.8, 4) is 5.75 Å². The Morgan fingerprint density at radius 1 is 1.06 bits per heavy atom. The van der Waals surface area contributed by atoms with Crippen LogP contribution in [0.15, 0.2) is 36.4 Å². The summed E-state index contributed by atoms with van der Waals surface area (Å²) < 4.78 is 11.5. The summed E-state index contributed by atoms with van der Waals surface area (Å²) in [6.45, 7) is 1.40. The maximum Gasteiger partial charge on any atom is 0.229 e. The number of benzene rings is 2. The second-order valence-corrected chi connectivity index (χ2v) is 8.87. The zero-order valence-electron chi connectivity index (χ0n) is 17.8. The summed E-state index contributed by atoms with van der Waals surface area (Å²) in [5.74, 6) is 1.15. The SMILES string of the molecule is Cc1cc(OC2O[C@H](CO)[C@@H](O)[C@H](O)[C@H]2O)c2c(Cc3ccc(C4CC4)cc3)[nH]nc2c1. The van der Waals surface area contributed by atoms with E-state index in [9.17, 15) is 20.4 Å². The van der Waals surface area contributed by atoms with E-state index in [0.29, 0.717) is 23.6 Å². The number of H-pyrrole nitrogens is 1. The molecular formula is C24H28N2O6. The third kappa shape index (κ3) is 4.00. The molecule has 0 spiro atoms. The van der Waals surface area contributed by atoms with Crippen LogP contribution in [0.25, 0.3) is 10.9 Å². The van der Waals surface area contributed by atoms with Gasteiger partial charge in [0.05, 0.1) is 23.2 Å². The van der Waals surface area contributed by atoms with Crippen molar-refractivity contribution in [2.75, 3.05) is 6.61 Å². The Labute approximate surface area is 185 Å². The van der Waals surface area contributed by atoms with E-state index in [1.54, 1.807) is 0 Å². The van der Waals surface area contributed by atoms with Crippen LogP contribution in [0.5, 0.6) is 5.75 Å². The fourth-order valence-electron chi connectivity index (χ4n) is 4.35. The van der Waals surface area contributed by atoms with Crippen LogP contribution in [0.3, 0.4) is 0 Å². The van der Waals surface area contributed by atoms with Crippen LogP contribution in [0, 0.1) is 6.92 Å². The molecule has 1 aliphatic heterocycles. The Hall–Kier alpha value is -2.49. The largest absolute Gasteiger partial charge is 0.461 e. The first-order chi connectivity index (χ1) is 15.4. The molecule has 5 rings (SSSR count). The molecule has 1 aliphatic carbocycles. The molecule has 1 saturated heterocycles. The Morgan fingerprint density at radius 2 is 1.81 bits per heavy atom. The molecule has 5 atom stereocenters. The number of nitrogens with zero attached hydrogens (tertiary/aromatic N) is 1. The van der Waals surface area contributed by atoms with Gasteiger partial charge in [0.15, 0.2) is 0 Å². The molecule has 2 heterocycles. The Bertz CT molecular complexity index is 1090. The van der Waals surface area contributed by atoms with Crippen LogP contribution in [0.1, 0.15) is 41.1 Å². The van der Waals surface area contributed by atoms with Gasteiger partial charge < -0.3 is 29.9 Å². The standard InChI is InChI=1S/C24H28N2O6/c1-12-8-16-20(17(26-25-16)10-13-2-4-14(5-3-13)15-6-7-15)18(9-12)31-24-23(30)22(29)21(28)19(11-27)32-24/h2-5,8-9,15,19,21-24,27-30H,6-7,10-11H2,1H3,(H,25,26)/t19-,21-,22+,23-,24?/m1/s1. The summed E-state index contributed by atoms with van der Waals surface area (Å²) in [5.41, 5.74) is 5.00. The molecule has 2 fully saturated rings. The van der Waals surface area contributed by atoms with Crippen molar-refractivity contribution >= 4 is 10.9 Å². The van der Waals surface area contributed by atoms with Gasteiger partial charge in [-0.15, -0.1) is 0 Å². The third-order valence-electron chi connectivity index (χ3n) is 6.34. The highest BCUT2D eigenvalue weighted by Crippen LogP contribution is 2.40. The van der Waals surface area contributed by atoms with E-state index < -0.39 is 37.3 Å². The monoisotopic (exact) mass is 440 g/mol. The first-order valence-electron chi connectivity index (χ1n) is 11.0. The molecule has 0 amide bonds. The van der Waals surface area contributed by atoms with E-state index in [1.807, 2.05) is 19.1 Å². The molecule has 3 aromatic rings. The van der Waals surface area contributed by atoms with E-state index >= 15 is 0 Å². The lowest BCUT2D eigenvalue weighted by molar-refractivity contribution is -0.277. The zero-order valence-corrected chi connectivity index (χ0v) is 17.8. The van der Waals surface area contributed by atoms with Gasteiger partial charge in [-0.05, 0) is 54.5 Å². The number of aryl methyl sites for hydroxylation is 1. The molecule has 2 aromatic carbocycles. The predicted octanol–water partition coefficient (Wildman–Crippen LogP) is 1.52. The number of aromatic amines is 1. The van der Waals surface area contributed by atoms with Gasteiger partial charge in [-0.3, -0.25) is 5.10 Å². The number of aliphatic hydroxyl groups is 4. The lowest BCUT2D eigenvalue weighted by Gasteiger charge is -2.39. The highest BCUT2D eigenvalue weighted by molar-refractivity contribution is 5.88. The number of nitrogens with one attached hydrogen (secondary N) is 1. The Kier molecular flexibility index (Phi) is 5.65. The van der Waals surface area contributed by atoms with Gasteiger partial charge in [0.2, 0.25) is 6.29 Å². The first kappa shape index (κ1) is 21.4. The van der Waals surface area contributed by atoms with Gasteiger partial charge in [0.25, 0.3) is 0 Å². The summed E-state index contributed by atoms with van der Waals surface area (Å²) >= 11 is 0. The minimum atomic E-state index is -1.50. The van der Waals surface area contributed by atoms with E-state index in [2.05, 4.69) is 34.5 Å². The number of ether oxygens (including phenoxy) is 2. The minimum Gasteiger partial charge on any atom is -0.461 e. The Morgan fingerprint density at radius 3 is 2.50 bits per heavy atom.